The standard InChI is InChI=1S/C20H17Cl2N3O2/c1-3-27-19(26)17-11(2)23-20-24-15-6-4-5-7-16(15)25(20)18(17)13-9-8-12(21)10-14(13)22/h4-10,18H,3H2,1-2H3,(H,23,24)/t18-/m1/s1. The van der Waals surface area contributed by atoms with Crippen molar-refractivity contribution in [3.05, 3.63) is 69.3 Å². The number of nitrogens with one attached hydrogen (secondary N) is 1. The van der Waals surface area contributed by atoms with Gasteiger partial charge in [-0.15, -0.1) is 0 Å². The van der Waals surface area contributed by atoms with Gasteiger partial charge in [-0.2, -0.15) is 0 Å². The van der Waals surface area contributed by atoms with Gasteiger partial charge < -0.3 is 10.1 Å². The summed E-state index contributed by atoms with van der Waals surface area (Å²) in [7, 11) is 0. The van der Waals surface area contributed by atoms with Gasteiger partial charge in [0.25, 0.3) is 0 Å². The van der Waals surface area contributed by atoms with E-state index in [0.29, 0.717) is 27.3 Å². The molecule has 4 rings (SSSR count). The first-order chi connectivity index (χ1) is 13.0. The van der Waals surface area contributed by atoms with Crippen LogP contribution in [-0.4, -0.2) is 22.1 Å². The van der Waals surface area contributed by atoms with E-state index in [4.69, 9.17) is 27.9 Å². The van der Waals surface area contributed by atoms with Crippen LogP contribution in [-0.2, 0) is 9.53 Å². The Morgan fingerprint density at radius 3 is 2.78 bits per heavy atom. The average Bonchev–Trinajstić information content (AvgIpc) is 2.99. The number of benzene rings is 2. The fraction of sp³-hybridized carbons (Fsp3) is 0.200. The number of nitrogens with zero attached hydrogens (tertiary/aromatic N) is 2. The molecular weight excluding hydrogens is 385 g/mol. The van der Waals surface area contributed by atoms with Crippen molar-refractivity contribution in [3.8, 4) is 0 Å². The van der Waals surface area contributed by atoms with E-state index in [1.165, 1.54) is 0 Å². The molecule has 0 bridgehead atoms. The molecule has 0 radical (unpaired) electrons. The maximum absolute atomic E-state index is 12.8. The van der Waals surface area contributed by atoms with E-state index in [1.54, 1.807) is 19.1 Å². The Morgan fingerprint density at radius 2 is 2.04 bits per heavy atom. The molecule has 0 spiro atoms. The van der Waals surface area contributed by atoms with Gasteiger partial charge in [0, 0.05) is 15.7 Å². The molecule has 2 aromatic carbocycles. The van der Waals surface area contributed by atoms with Crippen molar-refractivity contribution in [1.82, 2.24) is 9.55 Å². The normalized spacial score (nSPS) is 16.2. The van der Waals surface area contributed by atoms with Gasteiger partial charge in [-0.25, -0.2) is 9.78 Å². The molecule has 1 aromatic heterocycles. The average molecular weight is 402 g/mol. The van der Waals surface area contributed by atoms with Gasteiger partial charge >= 0.3 is 5.97 Å². The Balaban J connectivity index is 2.01. The Morgan fingerprint density at radius 1 is 1.26 bits per heavy atom. The van der Waals surface area contributed by atoms with Crippen molar-refractivity contribution < 1.29 is 9.53 Å². The van der Waals surface area contributed by atoms with Crippen LogP contribution in [0.1, 0.15) is 25.5 Å². The van der Waals surface area contributed by atoms with Crippen molar-refractivity contribution in [2.45, 2.75) is 19.9 Å². The number of carbonyl (C=O) groups is 1. The molecule has 0 aliphatic carbocycles. The van der Waals surface area contributed by atoms with Crippen LogP contribution in [0.4, 0.5) is 5.95 Å². The minimum atomic E-state index is -0.475. The summed E-state index contributed by atoms with van der Waals surface area (Å²) >= 11 is 12.6. The summed E-state index contributed by atoms with van der Waals surface area (Å²) in [5.41, 5.74) is 3.66. The maximum Gasteiger partial charge on any atom is 0.338 e. The van der Waals surface area contributed by atoms with Crippen molar-refractivity contribution in [1.29, 1.82) is 0 Å². The highest BCUT2D eigenvalue weighted by Gasteiger charge is 2.35. The zero-order valence-corrected chi connectivity index (χ0v) is 16.3. The number of aromatic nitrogens is 2. The van der Waals surface area contributed by atoms with Crippen molar-refractivity contribution in [2.24, 2.45) is 0 Å². The number of hydrogen-bond acceptors (Lipinski definition) is 4. The SMILES string of the molecule is CCOC(=O)C1=C(C)Nc2nc3ccccc3n2[C@@H]1c1ccc(Cl)cc1Cl. The first-order valence-corrected chi connectivity index (χ1v) is 9.33. The number of carbonyl (C=O) groups excluding carboxylic acids is 1. The van der Waals surface area contributed by atoms with Crippen LogP contribution in [0.15, 0.2) is 53.7 Å². The third-order valence-corrected chi connectivity index (χ3v) is 5.15. The van der Waals surface area contributed by atoms with Crippen molar-refractivity contribution >= 4 is 46.2 Å². The molecule has 0 fully saturated rings. The molecule has 1 atom stereocenters. The highest BCUT2D eigenvalue weighted by Crippen LogP contribution is 2.42. The number of hydrogen-bond donors (Lipinski definition) is 1. The number of fused-ring (bicyclic) bond motifs is 3. The quantitative estimate of drug-likeness (QED) is 0.613. The lowest BCUT2D eigenvalue weighted by Crippen LogP contribution is -2.29. The fourth-order valence-corrected chi connectivity index (χ4v) is 3.97. The van der Waals surface area contributed by atoms with Gasteiger partial charge in [0.15, 0.2) is 0 Å². The number of halogens is 2. The second-order valence-electron chi connectivity index (χ2n) is 6.25. The molecule has 3 aromatic rings. The molecule has 2 heterocycles. The molecule has 0 saturated heterocycles. The molecule has 0 saturated carbocycles. The molecule has 1 N–H and O–H groups in total. The van der Waals surface area contributed by atoms with Crippen LogP contribution in [0.3, 0.4) is 0 Å². The van der Waals surface area contributed by atoms with Gasteiger partial charge in [0.05, 0.1) is 29.3 Å². The molecule has 5 nitrogen and oxygen atoms in total. The van der Waals surface area contributed by atoms with E-state index in [-0.39, 0.29) is 12.6 Å². The molecule has 7 heteroatoms. The third-order valence-electron chi connectivity index (χ3n) is 4.58. The molecule has 0 unspecified atom stereocenters. The van der Waals surface area contributed by atoms with Gasteiger partial charge in [-0.3, -0.25) is 4.57 Å². The number of para-hydroxylation sites is 2. The highest BCUT2D eigenvalue weighted by molar-refractivity contribution is 6.35. The van der Waals surface area contributed by atoms with E-state index in [1.807, 2.05) is 41.8 Å². The van der Waals surface area contributed by atoms with Gasteiger partial charge in [-0.05, 0) is 43.7 Å². The molecule has 1 aliphatic heterocycles. The van der Waals surface area contributed by atoms with Crippen molar-refractivity contribution in [3.63, 3.8) is 0 Å². The summed E-state index contributed by atoms with van der Waals surface area (Å²) in [5, 5.41) is 4.24. The smallest absolute Gasteiger partial charge is 0.338 e. The summed E-state index contributed by atoms with van der Waals surface area (Å²) in [5.74, 6) is 0.264. The Kier molecular flexibility index (Phi) is 4.58. The minimum absolute atomic E-state index is 0.286. The van der Waals surface area contributed by atoms with Crippen LogP contribution in [0.2, 0.25) is 10.0 Å². The Bertz CT molecular complexity index is 1090. The first kappa shape index (κ1) is 17.9. The Hall–Kier alpha value is -2.50. The third kappa shape index (κ3) is 2.97. The lowest BCUT2D eigenvalue weighted by molar-refractivity contribution is -0.139. The lowest BCUT2D eigenvalue weighted by Gasteiger charge is -2.30. The van der Waals surface area contributed by atoms with Crippen LogP contribution >= 0.6 is 23.2 Å². The molecular formula is C20H17Cl2N3O2. The summed E-state index contributed by atoms with van der Waals surface area (Å²) in [4.78, 5) is 17.5. The van der Waals surface area contributed by atoms with Crippen LogP contribution in [0, 0.1) is 0 Å². The second kappa shape index (κ2) is 6.91. The van der Waals surface area contributed by atoms with Crippen LogP contribution in [0.25, 0.3) is 11.0 Å². The predicted octanol–water partition coefficient (Wildman–Crippen LogP) is 5.20. The number of rotatable bonds is 3. The fourth-order valence-electron chi connectivity index (χ4n) is 3.45. The number of imidazole rings is 1. The summed E-state index contributed by atoms with van der Waals surface area (Å²) < 4.78 is 7.31. The minimum Gasteiger partial charge on any atom is -0.463 e. The first-order valence-electron chi connectivity index (χ1n) is 8.58. The molecule has 1 aliphatic rings. The van der Waals surface area contributed by atoms with E-state index < -0.39 is 6.04 Å². The summed E-state index contributed by atoms with van der Waals surface area (Å²) in [6, 6.07) is 12.6. The molecule has 0 amide bonds. The number of anilines is 1. The zero-order chi connectivity index (χ0) is 19.1. The van der Waals surface area contributed by atoms with E-state index in [9.17, 15) is 4.79 Å². The number of allylic oxidation sites excluding steroid dienone is 1. The van der Waals surface area contributed by atoms with Crippen LogP contribution in [0.5, 0.6) is 0 Å². The topological polar surface area (TPSA) is 56.1 Å². The van der Waals surface area contributed by atoms with E-state index in [2.05, 4.69) is 10.3 Å². The van der Waals surface area contributed by atoms with Gasteiger partial charge in [0.1, 0.15) is 0 Å². The predicted molar refractivity (Wildman–Crippen MR) is 107 cm³/mol. The number of ether oxygens (including phenoxy) is 1. The van der Waals surface area contributed by atoms with E-state index >= 15 is 0 Å². The van der Waals surface area contributed by atoms with Gasteiger partial charge in [0.2, 0.25) is 5.95 Å². The Labute approximate surface area is 166 Å². The second-order valence-corrected chi connectivity index (χ2v) is 7.09. The molecule has 27 heavy (non-hydrogen) atoms. The lowest BCUT2D eigenvalue weighted by atomic mass is 9.95. The van der Waals surface area contributed by atoms with Crippen molar-refractivity contribution in [2.75, 3.05) is 11.9 Å². The largest absolute Gasteiger partial charge is 0.463 e. The summed E-state index contributed by atoms with van der Waals surface area (Å²) in [6.45, 7) is 3.91. The summed E-state index contributed by atoms with van der Waals surface area (Å²) in [6.07, 6.45) is 0. The van der Waals surface area contributed by atoms with Crippen LogP contribution < -0.4 is 5.32 Å². The highest BCUT2D eigenvalue weighted by atomic mass is 35.5. The zero-order valence-electron chi connectivity index (χ0n) is 14.8. The number of esters is 1. The van der Waals surface area contributed by atoms with E-state index in [0.717, 1.165) is 16.6 Å². The van der Waals surface area contributed by atoms with Gasteiger partial charge in [-0.1, -0.05) is 41.4 Å². The monoisotopic (exact) mass is 401 g/mol. The molecule has 138 valence electrons. The maximum atomic E-state index is 12.8.